The highest BCUT2D eigenvalue weighted by atomic mass is 32.3. The lowest BCUT2D eigenvalue weighted by Crippen LogP contribution is -2.12. The Morgan fingerprint density at radius 3 is 2.62 bits per heavy atom. The van der Waals surface area contributed by atoms with Crippen molar-refractivity contribution >= 4 is 43.3 Å². The second-order valence-corrected chi connectivity index (χ2v) is 11.2. The number of hydrogen-bond acceptors (Lipinski definition) is 6. The van der Waals surface area contributed by atoms with Gasteiger partial charge in [0.25, 0.3) is 0 Å². The third-order valence-electron chi connectivity index (χ3n) is 6.80. The molecule has 39 heavy (non-hydrogen) atoms. The fourth-order valence-electron chi connectivity index (χ4n) is 5.01. The molecular weight excluding hydrogens is 521 g/mol. The topological polar surface area (TPSA) is 114 Å². The Hall–Kier alpha value is -4.36. The molecule has 0 bridgehead atoms. The van der Waals surface area contributed by atoms with Gasteiger partial charge in [0.1, 0.15) is 17.1 Å². The zero-order valence-corrected chi connectivity index (χ0v) is 22.0. The number of hydrogen-bond donors (Lipinski definition) is 1. The second-order valence-electron chi connectivity index (χ2n) is 10.2. The van der Waals surface area contributed by atoms with Crippen LogP contribution in [0.3, 0.4) is 0 Å². The van der Waals surface area contributed by atoms with Gasteiger partial charge in [0.05, 0.1) is 34.5 Å². The van der Waals surface area contributed by atoms with Crippen LogP contribution >= 0.6 is 0 Å². The lowest BCUT2D eigenvalue weighted by Gasteiger charge is -2.18. The SMILES string of the molecule is CC(C)COc1cc2c(=O)c3c4ccc(C#N)cc4[nH]c3n(C3CC3)c2cc1-c1cccc(OS(=O)(=O)F)c1. The first-order valence-corrected chi connectivity index (χ1v) is 13.9. The first-order valence-electron chi connectivity index (χ1n) is 12.6. The number of H-pyrrole nitrogens is 1. The highest BCUT2D eigenvalue weighted by Gasteiger charge is 2.29. The van der Waals surface area contributed by atoms with Crippen LogP contribution in [0.1, 0.15) is 38.3 Å². The maximum Gasteiger partial charge on any atom is 0.488 e. The van der Waals surface area contributed by atoms with E-state index in [-0.39, 0.29) is 23.1 Å². The van der Waals surface area contributed by atoms with E-state index in [2.05, 4.69) is 19.8 Å². The van der Waals surface area contributed by atoms with Gasteiger partial charge < -0.3 is 18.5 Å². The van der Waals surface area contributed by atoms with Crippen LogP contribution in [0.2, 0.25) is 0 Å². The van der Waals surface area contributed by atoms with Gasteiger partial charge in [-0.3, -0.25) is 4.79 Å². The lowest BCUT2D eigenvalue weighted by atomic mass is 10.0. The summed E-state index contributed by atoms with van der Waals surface area (Å²) in [5.41, 5.74) is 3.57. The molecule has 3 aromatic carbocycles. The van der Waals surface area contributed by atoms with Gasteiger partial charge in [-0.1, -0.05) is 35.9 Å². The van der Waals surface area contributed by atoms with Crippen molar-refractivity contribution in [3.05, 3.63) is 70.4 Å². The number of fused-ring (bicyclic) bond motifs is 4. The number of halogens is 1. The van der Waals surface area contributed by atoms with E-state index >= 15 is 0 Å². The number of ether oxygens (including phenoxy) is 1. The van der Waals surface area contributed by atoms with E-state index in [1.165, 1.54) is 12.1 Å². The van der Waals surface area contributed by atoms with E-state index in [4.69, 9.17) is 4.74 Å². The van der Waals surface area contributed by atoms with E-state index in [1.54, 1.807) is 36.4 Å². The number of nitrogens with one attached hydrogen (secondary N) is 1. The molecular formula is C29H24FN3O5S. The van der Waals surface area contributed by atoms with Crippen LogP contribution in [0, 0.1) is 17.2 Å². The first-order chi connectivity index (χ1) is 18.6. The monoisotopic (exact) mass is 545 g/mol. The van der Waals surface area contributed by atoms with Gasteiger partial charge in [0.2, 0.25) is 0 Å². The molecule has 0 atom stereocenters. The quantitative estimate of drug-likeness (QED) is 0.246. The second kappa shape index (κ2) is 9.13. The molecule has 1 aliphatic rings. The Morgan fingerprint density at radius 1 is 1.13 bits per heavy atom. The predicted octanol–water partition coefficient (Wildman–Crippen LogP) is 6.14. The standard InChI is InChI=1S/C29H24FN3O5S/c1-16(2)15-37-26-13-23-25(12-22(26)18-4-3-5-20(11-18)38-39(30,35)36)33(19-7-8-19)29-27(28(23)34)21-9-6-17(14-31)10-24(21)32-29/h3-6,9-13,16,19,32H,7-8,15H2,1-2H3. The summed E-state index contributed by atoms with van der Waals surface area (Å²) in [6.07, 6.45) is 1.90. The summed E-state index contributed by atoms with van der Waals surface area (Å²) in [7, 11) is -5.20. The van der Waals surface area contributed by atoms with E-state index in [1.807, 2.05) is 19.9 Å². The summed E-state index contributed by atoms with van der Waals surface area (Å²) in [6, 6.07) is 17.2. The van der Waals surface area contributed by atoms with Crippen LogP contribution in [0.25, 0.3) is 44.0 Å². The van der Waals surface area contributed by atoms with E-state index in [0.717, 1.165) is 18.2 Å². The molecule has 0 aliphatic heterocycles. The van der Waals surface area contributed by atoms with Crippen molar-refractivity contribution in [2.45, 2.75) is 32.7 Å². The van der Waals surface area contributed by atoms with E-state index in [9.17, 15) is 22.4 Å². The van der Waals surface area contributed by atoms with Crippen molar-refractivity contribution in [1.82, 2.24) is 9.55 Å². The van der Waals surface area contributed by atoms with Crippen LogP contribution in [0.4, 0.5) is 3.89 Å². The molecule has 1 N–H and O–H groups in total. The third kappa shape index (κ3) is 4.59. The zero-order chi connectivity index (χ0) is 27.5. The van der Waals surface area contributed by atoms with Crippen LogP contribution < -0.4 is 14.3 Å². The Morgan fingerprint density at radius 2 is 1.92 bits per heavy atom. The molecule has 198 valence electrons. The van der Waals surface area contributed by atoms with Crippen LogP contribution in [0.5, 0.6) is 11.5 Å². The molecule has 1 fully saturated rings. The van der Waals surface area contributed by atoms with Gasteiger partial charge in [0, 0.05) is 22.5 Å². The fraction of sp³-hybridized carbons (Fsp3) is 0.241. The van der Waals surface area contributed by atoms with Crippen LogP contribution in [-0.2, 0) is 10.5 Å². The van der Waals surface area contributed by atoms with Gasteiger partial charge in [0.15, 0.2) is 5.43 Å². The molecule has 8 nitrogen and oxygen atoms in total. The van der Waals surface area contributed by atoms with Crippen molar-refractivity contribution in [1.29, 1.82) is 5.26 Å². The van der Waals surface area contributed by atoms with Crippen molar-refractivity contribution < 1.29 is 21.2 Å². The summed E-state index contributed by atoms with van der Waals surface area (Å²) in [4.78, 5) is 17.4. The minimum atomic E-state index is -5.20. The predicted molar refractivity (Wildman–Crippen MR) is 147 cm³/mol. The molecule has 0 saturated heterocycles. The zero-order valence-electron chi connectivity index (χ0n) is 21.2. The normalized spacial score (nSPS) is 13.8. The van der Waals surface area contributed by atoms with Gasteiger partial charge in [-0.25, -0.2) is 0 Å². The molecule has 2 aromatic heterocycles. The Kier molecular flexibility index (Phi) is 5.84. The van der Waals surface area contributed by atoms with Gasteiger partial charge in [-0.05, 0) is 60.7 Å². The molecule has 0 amide bonds. The molecule has 5 aromatic rings. The largest absolute Gasteiger partial charge is 0.493 e. The average molecular weight is 546 g/mol. The molecule has 10 heteroatoms. The fourth-order valence-corrected chi connectivity index (χ4v) is 5.35. The first kappa shape index (κ1) is 24.9. The summed E-state index contributed by atoms with van der Waals surface area (Å²) in [5.74, 6) is 0.471. The van der Waals surface area contributed by atoms with Crippen molar-refractivity contribution in [3.8, 4) is 28.7 Å². The molecule has 0 radical (unpaired) electrons. The number of rotatable bonds is 7. The number of aromatic nitrogens is 2. The number of nitriles is 1. The minimum Gasteiger partial charge on any atom is -0.493 e. The molecule has 6 rings (SSSR count). The van der Waals surface area contributed by atoms with Gasteiger partial charge in [-0.15, -0.1) is 0 Å². The number of pyridine rings is 1. The molecule has 0 spiro atoms. The summed E-state index contributed by atoms with van der Waals surface area (Å²) in [6.45, 7) is 4.40. The summed E-state index contributed by atoms with van der Waals surface area (Å²) < 4.78 is 48.2. The van der Waals surface area contributed by atoms with Crippen molar-refractivity contribution in [3.63, 3.8) is 0 Å². The van der Waals surface area contributed by atoms with Gasteiger partial charge >= 0.3 is 10.5 Å². The average Bonchev–Trinajstić information content (AvgIpc) is 3.65. The van der Waals surface area contributed by atoms with Crippen LogP contribution in [-0.4, -0.2) is 24.6 Å². The maximum absolute atomic E-state index is 14.0. The highest BCUT2D eigenvalue weighted by molar-refractivity contribution is 7.81. The molecule has 2 heterocycles. The summed E-state index contributed by atoms with van der Waals surface area (Å²) >= 11 is 0. The van der Waals surface area contributed by atoms with Crippen LogP contribution in [0.15, 0.2) is 59.4 Å². The van der Waals surface area contributed by atoms with E-state index < -0.39 is 10.5 Å². The smallest absolute Gasteiger partial charge is 0.488 e. The minimum absolute atomic E-state index is 0.158. The third-order valence-corrected chi connectivity index (χ3v) is 7.19. The number of aromatic amines is 1. The molecule has 1 aliphatic carbocycles. The molecule has 0 unspecified atom stereocenters. The number of benzene rings is 3. The Labute approximate surface area is 223 Å². The summed E-state index contributed by atoms with van der Waals surface area (Å²) in [5, 5.41) is 11.2. The lowest BCUT2D eigenvalue weighted by molar-refractivity contribution is 0.272. The molecule has 1 saturated carbocycles. The van der Waals surface area contributed by atoms with Crippen molar-refractivity contribution in [2.75, 3.05) is 6.61 Å². The highest BCUT2D eigenvalue weighted by Crippen LogP contribution is 2.43. The van der Waals surface area contributed by atoms with E-state index in [0.29, 0.717) is 56.5 Å². The maximum atomic E-state index is 14.0. The van der Waals surface area contributed by atoms with Gasteiger partial charge in [-0.2, -0.15) is 13.7 Å². The Balaban J connectivity index is 1.67. The Bertz CT molecular complexity index is 2000. The van der Waals surface area contributed by atoms with Crippen molar-refractivity contribution in [2.24, 2.45) is 5.92 Å². The number of nitrogens with zero attached hydrogens (tertiary/aromatic N) is 2.